The number of carboxylic acids is 1. The first-order valence-corrected chi connectivity index (χ1v) is 47.5. The molecule has 0 unspecified atom stereocenters. The molecule has 0 spiro atoms. The van der Waals surface area contributed by atoms with E-state index >= 15 is 0 Å². The van der Waals surface area contributed by atoms with Gasteiger partial charge in [-0.25, -0.2) is 0 Å². The normalized spacial score (nSPS) is 14.7. The smallest absolute Gasteiger partial charge is 0.303 e. The molecule has 138 heavy (non-hydrogen) atoms. The first kappa shape index (κ1) is 124. The van der Waals surface area contributed by atoms with Crippen molar-refractivity contribution in [2.45, 2.75) is 283 Å². The molecule has 16 atom stereocenters. The van der Waals surface area contributed by atoms with Gasteiger partial charge in [-0.05, 0) is 197 Å². The van der Waals surface area contributed by atoms with Crippen LogP contribution in [0.15, 0.2) is 48.5 Å². The zero-order valence-electron chi connectivity index (χ0n) is 82.1. The second-order valence-corrected chi connectivity index (χ2v) is 36.0. The molecule has 0 heterocycles. The van der Waals surface area contributed by atoms with E-state index in [1.807, 2.05) is 27.7 Å². The number of primary amides is 2. The molecule has 0 aliphatic heterocycles. The van der Waals surface area contributed by atoms with Crippen molar-refractivity contribution in [1.82, 2.24) is 95.7 Å². The van der Waals surface area contributed by atoms with Gasteiger partial charge in [-0.1, -0.05) is 86.1 Å². The minimum absolute atomic E-state index is 0.00232. The zero-order chi connectivity index (χ0) is 105. The lowest BCUT2D eigenvalue weighted by molar-refractivity contribution is -0.138. The molecular formula is C91H156N24O22S. The summed E-state index contributed by atoms with van der Waals surface area (Å²) < 4.78 is 0. The Morgan fingerprint density at radius 1 is 0.370 bits per heavy atom. The van der Waals surface area contributed by atoms with E-state index in [1.54, 1.807) is 39.8 Å². The second-order valence-electron chi connectivity index (χ2n) is 35.6. The number of phenols is 2. The van der Waals surface area contributed by atoms with E-state index in [0.29, 0.717) is 89.0 Å². The van der Waals surface area contributed by atoms with Gasteiger partial charge in [0.1, 0.15) is 96.1 Å². The molecule has 778 valence electrons. The molecule has 2 aromatic rings. The predicted octanol–water partition coefficient (Wildman–Crippen LogP) is -5.27. The van der Waals surface area contributed by atoms with E-state index in [1.165, 1.54) is 78.1 Å². The van der Waals surface area contributed by atoms with E-state index in [9.17, 15) is 106 Å². The van der Waals surface area contributed by atoms with Gasteiger partial charge in [0.05, 0.1) is 19.0 Å². The zero-order valence-corrected chi connectivity index (χ0v) is 83.0. The number of phenolic OH excluding ortho intramolecular Hbond substituents is 2. The molecule has 47 heteroatoms. The number of rotatable bonds is 68. The lowest BCUT2D eigenvalue weighted by atomic mass is 9.96. The number of nitrogens with one attached hydrogen (secondary N) is 18. The van der Waals surface area contributed by atoms with Gasteiger partial charge >= 0.3 is 5.97 Å². The number of hydrogen-bond acceptors (Lipinski definition) is 29. The molecule has 0 aliphatic rings. The Kier molecular flexibility index (Phi) is 60.8. The predicted molar refractivity (Wildman–Crippen MR) is 519 cm³/mol. The van der Waals surface area contributed by atoms with Gasteiger partial charge in [-0.15, -0.1) is 0 Å². The van der Waals surface area contributed by atoms with Gasteiger partial charge < -0.3 is 145 Å². The van der Waals surface area contributed by atoms with Crippen LogP contribution in [0, 0.1) is 29.6 Å². The third-order valence-electron chi connectivity index (χ3n) is 21.7. The Balaban J connectivity index is 0.00000143. The van der Waals surface area contributed by atoms with Gasteiger partial charge in [0, 0.05) is 57.6 Å². The van der Waals surface area contributed by atoms with Crippen molar-refractivity contribution in [2.24, 2.45) is 64.0 Å². The number of carbonyl (C=O) groups is 19. The molecular weight excluding hydrogens is 1810 g/mol. The maximum Gasteiger partial charge on any atom is 0.303 e. The quantitative estimate of drug-likeness (QED) is 0.0217. The molecule has 0 fully saturated rings. The number of likely N-dealkylation sites (N-methyl/N-ethyl adjacent to an activating group) is 1. The number of aliphatic carboxylic acids is 1. The lowest BCUT2D eigenvalue weighted by Crippen LogP contribution is -2.61. The van der Waals surface area contributed by atoms with Crippen molar-refractivity contribution in [1.29, 1.82) is 0 Å². The molecule has 2 rings (SSSR count). The van der Waals surface area contributed by atoms with Gasteiger partial charge in [0.25, 0.3) is 0 Å². The fourth-order valence-electron chi connectivity index (χ4n) is 13.7. The Morgan fingerprint density at radius 2 is 0.717 bits per heavy atom. The molecule has 0 aliphatic carbocycles. The Bertz CT molecular complexity index is 4220. The number of amides is 17. The fourth-order valence-corrected chi connectivity index (χ4v) is 13.9. The van der Waals surface area contributed by atoms with Crippen LogP contribution < -0.4 is 130 Å². The summed E-state index contributed by atoms with van der Waals surface area (Å²) in [6.45, 7) is 24.6. The van der Waals surface area contributed by atoms with Crippen LogP contribution in [0.25, 0.3) is 0 Å². The van der Waals surface area contributed by atoms with Crippen molar-refractivity contribution in [3.63, 3.8) is 0 Å². The number of aromatic hydroxyl groups is 2. The Hall–Kier alpha value is -11.8. The van der Waals surface area contributed by atoms with Crippen LogP contribution in [-0.2, 0) is 104 Å². The molecule has 0 aromatic heterocycles. The van der Waals surface area contributed by atoms with Crippen LogP contribution in [0.1, 0.15) is 191 Å². The van der Waals surface area contributed by atoms with Crippen LogP contribution in [-0.4, -0.2) is 290 Å². The number of nitrogens with two attached hydrogens (primary N) is 6. The second kappa shape index (κ2) is 67.5. The highest BCUT2D eigenvalue weighted by atomic mass is 32.1. The van der Waals surface area contributed by atoms with E-state index < -0.39 is 216 Å². The first-order valence-electron chi connectivity index (χ1n) is 46.8. The average Bonchev–Trinajstić information content (AvgIpc) is 0.847. The highest BCUT2D eigenvalue weighted by molar-refractivity contribution is 7.80. The summed E-state index contributed by atoms with van der Waals surface area (Å²) in [5, 5.41) is 76.8. The van der Waals surface area contributed by atoms with Gasteiger partial charge in [-0.2, -0.15) is 12.6 Å². The van der Waals surface area contributed by atoms with Crippen LogP contribution in [0.2, 0.25) is 0 Å². The van der Waals surface area contributed by atoms with Gasteiger partial charge in [-0.3, -0.25) is 91.1 Å². The molecule has 0 radical (unpaired) electrons. The van der Waals surface area contributed by atoms with E-state index in [0.717, 1.165) is 0 Å². The standard InChI is InChI=1S/C53H83N11O13S.C38H73N13O9/c1-8-31(6)45(53(77)62-40(24-30(4)5)49(73)59-38(46(55)70)25-32-12-16-34(65)17-13-32)64-52(76)42(28-78)63-47(71)36(11-9-10-22-54)58-51(75)41(26-33-14-18-35(66)19-15-33)61-50(74)39(23-29(2)3)60-48(72)37(20-21-44(68)69)57-43(67)27-56-7;1-21(2)16-29(38(60)49-28(10-8-9-11-39)36(58)46-22(3)26(7)52)50-35(57)25(6)47-33(55)24(5)48-37(59)30(18-31(42)53)51-34(56)23(4)45-32(54)17-27(19-43-14-12-40)20-44-15-13-41/h12-19,29-31,36-42,45,56,65-66,78H,8-11,20-28,54H2,1-7H3,(H2,55,70)(H,57,67)(H,58,75)(H,59,73)(H,60,72)(H,61,74)(H,62,77)(H,63,71)(H,64,76)(H,68,69);21-25,27-30,43-44H,8-20,39-41H2,1-7H3,(H2,42,53)(H,45,54)(H,46,58)(H,47,55)(H,48,59)(H,49,60)(H,50,57)(H,51,56)/t31-,36-,37-,38-,39-,40-,41-,42-,45-;22-,23-,24-,25-,28-,29-,30-/m00/s1. The number of thiol groups is 1. The van der Waals surface area contributed by atoms with Gasteiger partial charge in [0.2, 0.25) is 100 Å². The molecule has 0 saturated carbocycles. The number of carboxylic acid groups (broad SMARTS) is 1. The maximum atomic E-state index is 14.4. The summed E-state index contributed by atoms with van der Waals surface area (Å²) in [5.41, 5.74) is 34.5. The minimum atomic E-state index is -1.51. The summed E-state index contributed by atoms with van der Waals surface area (Å²) in [5.74, 6) is -15.8. The summed E-state index contributed by atoms with van der Waals surface area (Å²) in [4.78, 5) is 250. The largest absolute Gasteiger partial charge is 0.508 e. The summed E-state index contributed by atoms with van der Waals surface area (Å²) in [6.07, 6.45) is 1.37. The van der Waals surface area contributed by atoms with E-state index in [-0.39, 0.29) is 118 Å². The molecule has 0 saturated heterocycles. The maximum absolute atomic E-state index is 14.4. The number of unbranched alkanes of at least 4 members (excludes halogenated alkanes) is 2. The highest BCUT2D eigenvalue weighted by Crippen LogP contribution is 2.19. The van der Waals surface area contributed by atoms with E-state index in [2.05, 4.69) is 108 Å². The number of Topliss-reactive ketones (excluding diaryl/α,β-unsaturated/α-hetero) is 1. The van der Waals surface area contributed by atoms with Crippen LogP contribution >= 0.6 is 12.6 Å². The lowest BCUT2D eigenvalue weighted by Gasteiger charge is -2.30. The van der Waals surface area contributed by atoms with Crippen LogP contribution in [0.5, 0.6) is 11.5 Å². The Morgan fingerprint density at radius 3 is 1.12 bits per heavy atom. The monoisotopic (exact) mass is 1970 g/mol. The SMILES string of the molecule is CC(=O)[C@H](C)NC(=O)[C@H](CCCCN)NC(=O)[C@H](CC(C)C)NC(=O)[C@H](C)NC(=O)[C@H](C)NC(=O)[C@H](CC(N)=O)NC(=O)[C@H](C)NC(=O)CC(CNCCN)CNCCN.CC[C@H](C)[C@H](NC(=O)[C@H](CS)NC(=O)[C@H](CCCCN)NC(=O)[C@H](Cc1ccc(O)cc1)NC(=O)[C@H](CC(C)C)NC(=O)[C@H](CCC(=O)O)NC(=O)CNC)C(=O)N[C@@H](CC(C)C)C(=O)N[C@@H](Cc1ccc(O)cc1)C(N)=O. The molecule has 17 amide bonds. The molecule has 0 bridgehead atoms. The third-order valence-corrected chi connectivity index (χ3v) is 22.1. The summed E-state index contributed by atoms with van der Waals surface area (Å²) in [7, 11) is 1.51. The number of carbonyl (C=O) groups excluding carboxylic acids is 18. The molecule has 33 N–H and O–H groups in total. The summed E-state index contributed by atoms with van der Waals surface area (Å²) >= 11 is 4.34. The van der Waals surface area contributed by atoms with Crippen molar-refractivity contribution in [2.75, 3.05) is 71.7 Å². The van der Waals surface area contributed by atoms with Crippen molar-refractivity contribution >= 4 is 125 Å². The van der Waals surface area contributed by atoms with Crippen LogP contribution in [0.3, 0.4) is 0 Å². The topological polar surface area (TPSA) is 758 Å². The Labute approximate surface area is 813 Å². The number of ketones is 1. The minimum Gasteiger partial charge on any atom is -0.508 e. The van der Waals surface area contributed by atoms with E-state index in [4.69, 9.17) is 34.4 Å². The van der Waals surface area contributed by atoms with Crippen molar-refractivity contribution < 1.29 is 106 Å². The van der Waals surface area contributed by atoms with Crippen LogP contribution in [0.4, 0.5) is 0 Å². The highest BCUT2D eigenvalue weighted by Gasteiger charge is 2.39. The fraction of sp³-hybridized carbons (Fsp3) is 0.659. The third kappa shape index (κ3) is 51.1. The number of hydrogen-bond donors (Lipinski definition) is 28. The molecule has 46 nitrogen and oxygen atoms in total. The summed E-state index contributed by atoms with van der Waals surface area (Å²) in [6, 6.07) is -6.58. The van der Waals surface area contributed by atoms with Crippen molar-refractivity contribution in [3.05, 3.63) is 59.7 Å². The number of benzene rings is 2. The van der Waals surface area contributed by atoms with Crippen molar-refractivity contribution in [3.8, 4) is 11.5 Å². The first-order chi connectivity index (χ1) is 65.0. The molecule has 2 aromatic carbocycles. The average molecular weight is 1970 g/mol. The van der Waals surface area contributed by atoms with Gasteiger partial charge in [0.15, 0.2) is 5.78 Å².